The maximum atomic E-state index is 11.9. The fourth-order valence-corrected chi connectivity index (χ4v) is 2.38. The van der Waals surface area contributed by atoms with Gasteiger partial charge >= 0.3 is 0 Å². The summed E-state index contributed by atoms with van der Waals surface area (Å²) in [5.74, 6) is 0.688. The van der Waals surface area contributed by atoms with Gasteiger partial charge in [0.2, 0.25) is 5.91 Å². The Kier molecular flexibility index (Phi) is 4.63. The number of hydrogen-bond donors (Lipinski definition) is 2. The molecule has 1 aromatic carbocycles. The average Bonchev–Trinajstić information content (AvgIpc) is 3.27. The number of rotatable bonds is 6. The van der Waals surface area contributed by atoms with Gasteiger partial charge in [-0.3, -0.25) is 4.79 Å². The number of amides is 1. The van der Waals surface area contributed by atoms with Crippen molar-refractivity contribution < 1.29 is 14.4 Å². The molecule has 2 aromatic rings. The van der Waals surface area contributed by atoms with E-state index in [1.54, 1.807) is 19.1 Å². The summed E-state index contributed by atoms with van der Waals surface area (Å²) in [6.45, 7) is 1.58. The van der Waals surface area contributed by atoms with Crippen molar-refractivity contribution in [3.63, 3.8) is 0 Å². The molecule has 6 nitrogen and oxygen atoms in total. The van der Waals surface area contributed by atoms with Crippen LogP contribution in [0.1, 0.15) is 43.1 Å². The van der Waals surface area contributed by atoms with E-state index in [9.17, 15) is 9.90 Å². The molecule has 1 heterocycles. The number of aliphatic hydroxyl groups excluding tert-OH is 1. The van der Waals surface area contributed by atoms with E-state index in [2.05, 4.69) is 15.5 Å². The van der Waals surface area contributed by atoms with Crippen LogP contribution in [-0.4, -0.2) is 27.3 Å². The van der Waals surface area contributed by atoms with Gasteiger partial charge in [0.15, 0.2) is 5.82 Å². The van der Waals surface area contributed by atoms with Crippen molar-refractivity contribution in [2.45, 2.75) is 38.3 Å². The van der Waals surface area contributed by atoms with E-state index in [1.807, 2.05) is 12.1 Å². The zero-order chi connectivity index (χ0) is 16.4. The van der Waals surface area contributed by atoms with Crippen LogP contribution in [0.4, 0.5) is 0 Å². The monoisotopic (exact) mass is 335 g/mol. The maximum Gasteiger partial charge on any atom is 0.251 e. The van der Waals surface area contributed by atoms with Crippen LogP contribution in [0.25, 0.3) is 0 Å². The Hall–Kier alpha value is -1.92. The van der Waals surface area contributed by atoms with Crippen LogP contribution < -0.4 is 5.32 Å². The maximum absolute atomic E-state index is 11.9. The summed E-state index contributed by atoms with van der Waals surface area (Å²) in [6.07, 6.45) is 1.46. The highest BCUT2D eigenvalue weighted by atomic mass is 35.5. The van der Waals surface area contributed by atoms with Gasteiger partial charge in [-0.25, -0.2) is 0 Å². The summed E-state index contributed by atoms with van der Waals surface area (Å²) in [5.41, 5.74) is 0.998. The first kappa shape index (κ1) is 16.0. The normalized spacial score (nSPS) is 16.8. The van der Waals surface area contributed by atoms with Crippen molar-refractivity contribution in [2.24, 2.45) is 5.92 Å². The molecule has 1 aliphatic carbocycles. The average molecular weight is 336 g/mol. The standard InChI is InChI=1S/C16H18ClN3O3/c1-9(21)14(19-15(22)11-4-5-11)16-18-13(20-23-16)8-10-2-6-12(17)7-3-10/h2-3,6-7,9,11,14,21H,4-5,8H2,1H3,(H,19,22)/t9-,14-/m0/s1. The Labute approximate surface area is 138 Å². The molecule has 0 aliphatic heterocycles. The molecule has 1 aliphatic rings. The second-order valence-electron chi connectivity index (χ2n) is 5.85. The second kappa shape index (κ2) is 6.68. The Morgan fingerprint density at radius 1 is 1.43 bits per heavy atom. The molecular formula is C16H18ClN3O3. The third-order valence-electron chi connectivity index (χ3n) is 3.75. The molecule has 7 heteroatoms. The van der Waals surface area contributed by atoms with Crippen LogP contribution in [0.5, 0.6) is 0 Å². The van der Waals surface area contributed by atoms with Gasteiger partial charge in [-0.05, 0) is 37.5 Å². The van der Waals surface area contributed by atoms with Gasteiger partial charge in [0.05, 0.1) is 6.10 Å². The van der Waals surface area contributed by atoms with Crippen LogP contribution in [0.2, 0.25) is 5.02 Å². The zero-order valence-electron chi connectivity index (χ0n) is 12.7. The topological polar surface area (TPSA) is 88.2 Å². The summed E-state index contributed by atoms with van der Waals surface area (Å²) in [6, 6.07) is 6.69. The van der Waals surface area contributed by atoms with E-state index in [1.165, 1.54) is 0 Å². The van der Waals surface area contributed by atoms with E-state index in [0.29, 0.717) is 17.3 Å². The molecule has 0 spiro atoms. The van der Waals surface area contributed by atoms with E-state index in [4.69, 9.17) is 16.1 Å². The molecule has 0 unspecified atom stereocenters. The lowest BCUT2D eigenvalue weighted by Crippen LogP contribution is -2.36. The predicted molar refractivity (Wildman–Crippen MR) is 83.8 cm³/mol. The molecule has 0 bridgehead atoms. The summed E-state index contributed by atoms with van der Waals surface area (Å²) in [4.78, 5) is 16.2. The van der Waals surface area contributed by atoms with Crippen LogP contribution >= 0.6 is 11.6 Å². The van der Waals surface area contributed by atoms with Crippen molar-refractivity contribution in [3.05, 3.63) is 46.6 Å². The third kappa shape index (κ3) is 4.09. The largest absolute Gasteiger partial charge is 0.391 e. The lowest BCUT2D eigenvalue weighted by molar-refractivity contribution is -0.124. The van der Waals surface area contributed by atoms with Crippen molar-refractivity contribution in [1.82, 2.24) is 15.5 Å². The molecule has 0 saturated heterocycles. The van der Waals surface area contributed by atoms with E-state index < -0.39 is 12.1 Å². The fraction of sp³-hybridized carbons (Fsp3) is 0.438. The summed E-state index contributed by atoms with van der Waals surface area (Å²) >= 11 is 5.86. The smallest absolute Gasteiger partial charge is 0.251 e. The molecule has 122 valence electrons. The Morgan fingerprint density at radius 3 is 2.74 bits per heavy atom. The molecule has 1 aromatic heterocycles. The number of nitrogens with zero attached hydrogens (tertiary/aromatic N) is 2. The summed E-state index contributed by atoms with van der Waals surface area (Å²) in [7, 11) is 0. The Balaban J connectivity index is 1.70. The van der Waals surface area contributed by atoms with Crippen LogP contribution in [0.15, 0.2) is 28.8 Å². The van der Waals surface area contributed by atoms with Crippen LogP contribution in [0, 0.1) is 5.92 Å². The van der Waals surface area contributed by atoms with Crippen LogP contribution in [-0.2, 0) is 11.2 Å². The number of nitrogens with one attached hydrogen (secondary N) is 1. The number of hydrogen-bond acceptors (Lipinski definition) is 5. The van der Waals surface area contributed by atoms with Gasteiger partial charge in [0, 0.05) is 17.4 Å². The van der Waals surface area contributed by atoms with Gasteiger partial charge in [0.25, 0.3) is 5.89 Å². The Bertz CT molecular complexity index is 680. The number of aliphatic hydroxyl groups is 1. The lowest BCUT2D eigenvalue weighted by Gasteiger charge is -2.17. The van der Waals surface area contributed by atoms with E-state index >= 15 is 0 Å². The van der Waals surface area contributed by atoms with Gasteiger partial charge in [-0.2, -0.15) is 4.98 Å². The quantitative estimate of drug-likeness (QED) is 0.845. The number of carbonyl (C=O) groups is 1. The first-order valence-corrected chi connectivity index (χ1v) is 7.96. The molecule has 1 saturated carbocycles. The number of halogens is 1. The highest BCUT2D eigenvalue weighted by molar-refractivity contribution is 6.30. The van der Waals surface area contributed by atoms with Crippen molar-refractivity contribution in [1.29, 1.82) is 0 Å². The van der Waals surface area contributed by atoms with Crippen LogP contribution in [0.3, 0.4) is 0 Å². The SMILES string of the molecule is C[C@H](O)[C@H](NC(=O)C1CC1)c1nc(Cc2ccc(Cl)cc2)no1. The first-order chi connectivity index (χ1) is 11.0. The molecule has 3 rings (SSSR count). The van der Waals surface area contributed by atoms with E-state index in [-0.39, 0.29) is 17.7 Å². The minimum atomic E-state index is -0.818. The molecule has 1 amide bonds. The molecule has 0 radical (unpaired) electrons. The first-order valence-electron chi connectivity index (χ1n) is 7.58. The van der Waals surface area contributed by atoms with Crippen molar-refractivity contribution in [3.8, 4) is 0 Å². The van der Waals surface area contributed by atoms with Gasteiger partial charge in [-0.1, -0.05) is 28.9 Å². The van der Waals surface area contributed by atoms with Gasteiger partial charge < -0.3 is 14.9 Å². The molecule has 2 atom stereocenters. The zero-order valence-corrected chi connectivity index (χ0v) is 13.5. The minimum absolute atomic E-state index is 0.0488. The fourth-order valence-electron chi connectivity index (χ4n) is 2.26. The molecular weight excluding hydrogens is 318 g/mol. The van der Waals surface area contributed by atoms with Gasteiger partial charge in [0.1, 0.15) is 6.04 Å². The minimum Gasteiger partial charge on any atom is -0.391 e. The number of carbonyl (C=O) groups excluding carboxylic acids is 1. The lowest BCUT2D eigenvalue weighted by atomic mass is 10.1. The second-order valence-corrected chi connectivity index (χ2v) is 6.29. The highest BCUT2D eigenvalue weighted by Gasteiger charge is 2.34. The molecule has 23 heavy (non-hydrogen) atoms. The Morgan fingerprint density at radius 2 is 2.13 bits per heavy atom. The van der Waals surface area contributed by atoms with Crippen molar-refractivity contribution in [2.75, 3.05) is 0 Å². The molecule has 1 fully saturated rings. The number of aromatic nitrogens is 2. The summed E-state index contributed by atoms with van der Waals surface area (Å²) in [5, 5.41) is 17.3. The highest BCUT2D eigenvalue weighted by Crippen LogP contribution is 2.30. The summed E-state index contributed by atoms with van der Waals surface area (Å²) < 4.78 is 5.22. The molecule has 2 N–H and O–H groups in total. The van der Waals surface area contributed by atoms with Gasteiger partial charge in [-0.15, -0.1) is 0 Å². The van der Waals surface area contributed by atoms with Crippen molar-refractivity contribution >= 4 is 17.5 Å². The number of benzene rings is 1. The third-order valence-corrected chi connectivity index (χ3v) is 4.01. The van der Waals surface area contributed by atoms with E-state index in [0.717, 1.165) is 18.4 Å². The predicted octanol–water partition coefficient (Wildman–Crippen LogP) is 2.26.